The van der Waals surface area contributed by atoms with Crippen LogP contribution in [0.2, 0.25) is 0 Å². The van der Waals surface area contributed by atoms with Crippen molar-refractivity contribution >= 4 is 17.5 Å². The Labute approximate surface area is 130 Å². The van der Waals surface area contributed by atoms with E-state index in [1.54, 1.807) is 0 Å². The van der Waals surface area contributed by atoms with Crippen molar-refractivity contribution in [3.05, 3.63) is 29.8 Å². The molecule has 1 aromatic heterocycles. The minimum absolute atomic E-state index is 0.0539. The topological polar surface area (TPSA) is 83.0 Å². The van der Waals surface area contributed by atoms with Crippen molar-refractivity contribution in [1.82, 2.24) is 9.78 Å². The molecule has 0 fully saturated rings. The molecule has 1 aliphatic rings. The van der Waals surface area contributed by atoms with Crippen molar-refractivity contribution in [3.63, 3.8) is 0 Å². The molecule has 0 aliphatic carbocycles. The minimum atomic E-state index is -0.0539. The van der Waals surface area contributed by atoms with Crippen LogP contribution in [0.3, 0.4) is 0 Å². The van der Waals surface area contributed by atoms with Crippen LogP contribution in [-0.2, 0) is 6.42 Å². The third-order valence-electron chi connectivity index (χ3n) is 4.01. The van der Waals surface area contributed by atoms with Gasteiger partial charge in [-0.15, -0.1) is 0 Å². The highest BCUT2D eigenvalue weighted by Crippen LogP contribution is 2.32. The third-order valence-corrected chi connectivity index (χ3v) is 4.01. The van der Waals surface area contributed by atoms with Crippen LogP contribution < -0.4 is 16.0 Å². The number of rotatable bonds is 2. The Morgan fingerprint density at radius 2 is 2.00 bits per heavy atom. The molecule has 0 saturated heterocycles. The van der Waals surface area contributed by atoms with E-state index in [-0.39, 0.29) is 5.96 Å². The molecule has 2 aromatic rings. The Morgan fingerprint density at radius 1 is 1.27 bits per heavy atom. The number of nitrogens with zero attached hydrogens (tertiary/aromatic N) is 3. The summed E-state index contributed by atoms with van der Waals surface area (Å²) in [6.45, 7) is 0.894. The van der Waals surface area contributed by atoms with E-state index in [0.29, 0.717) is 0 Å². The van der Waals surface area contributed by atoms with E-state index in [2.05, 4.69) is 39.6 Å². The summed E-state index contributed by atoms with van der Waals surface area (Å²) in [7, 11) is 4.05. The van der Waals surface area contributed by atoms with Crippen LogP contribution in [0.25, 0.3) is 11.3 Å². The van der Waals surface area contributed by atoms with Gasteiger partial charge in [-0.05, 0) is 31.4 Å². The molecule has 6 heteroatoms. The third kappa shape index (κ3) is 2.52. The molecule has 4 N–H and O–H groups in total. The maximum Gasteiger partial charge on any atom is 0.215 e. The van der Waals surface area contributed by atoms with Gasteiger partial charge in [0, 0.05) is 37.5 Å². The molecule has 2 heterocycles. The number of fused-ring (bicyclic) bond motifs is 1. The minimum Gasteiger partial charge on any atom is -0.378 e. The fourth-order valence-electron chi connectivity index (χ4n) is 2.83. The summed E-state index contributed by atoms with van der Waals surface area (Å²) in [5.74, 6) is 0.818. The van der Waals surface area contributed by atoms with Crippen molar-refractivity contribution in [3.8, 4) is 11.3 Å². The Morgan fingerprint density at radius 3 is 2.64 bits per heavy atom. The molecule has 0 radical (unpaired) electrons. The standard InChI is InChI=1S/C16H22N6/c1-21(2)12-8-6-11(7-9-12)14-13-5-3-4-10-19-15(13)22(20-14)16(17)18/h6-9,19H,3-5,10H2,1-2H3,(H3,17,18). The molecular formula is C16H22N6. The number of hydrogen-bond acceptors (Lipinski definition) is 4. The summed E-state index contributed by atoms with van der Waals surface area (Å²) in [4.78, 5) is 2.07. The SMILES string of the molecule is CN(C)c1ccc(-c2nn(C(=N)N)c3c2CCCCN3)cc1. The summed E-state index contributed by atoms with van der Waals surface area (Å²) in [6.07, 6.45) is 3.19. The van der Waals surface area contributed by atoms with Crippen LogP contribution in [0.4, 0.5) is 11.5 Å². The number of anilines is 2. The lowest BCUT2D eigenvalue weighted by atomic mass is 10.0. The van der Waals surface area contributed by atoms with E-state index in [4.69, 9.17) is 11.1 Å². The molecule has 3 rings (SSSR count). The lowest BCUT2D eigenvalue weighted by molar-refractivity contribution is 0.781. The van der Waals surface area contributed by atoms with Gasteiger partial charge in [0.05, 0.1) is 5.69 Å². The number of nitrogens with one attached hydrogen (secondary N) is 2. The van der Waals surface area contributed by atoms with E-state index in [0.717, 1.165) is 54.1 Å². The van der Waals surface area contributed by atoms with Crippen molar-refractivity contribution < 1.29 is 0 Å². The Bertz CT molecular complexity index is 683. The maximum absolute atomic E-state index is 7.74. The maximum atomic E-state index is 7.74. The molecule has 0 atom stereocenters. The van der Waals surface area contributed by atoms with Gasteiger partial charge in [0.25, 0.3) is 0 Å². The highest BCUT2D eigenvalue weighted by atomic mass is 15.4. The molecule has 0 bridgehead atoms. The normalized spacial score (nSPS) is 13.9. The second-order valence-electron chi connectivity index (χ2n) is 5.80. The van der Waals surface area contributed by atoms with Crippen molar-refractivity contribution in [2.75, 3.05) is 30.9 Å². The molecule has 22 heavy (non-hydrogen) atoms. The molecule has 1 aromatic carbocycles. The Hall–Kier alpha value is -2.50. The summed E-state index contributed by atoms with van der Waals surface area (Å²) >= 11 is 0. The Balaban J connectivity index is 2.08. The van der Waals surface area contributed by atoms with Crippen LogP contribution in [-0.4, -0.2) is 36.4 Å². The molecule has 0 spiro atoms. The molecule has 0 saturated carbocycles. The summed E-state index contributed by atoms with van der Waals surface area (Å²) in [5, 5.41) is 15.7. The number of hydrogen-bond donors (Lipinski definition) is 3. The predicted octanol–water partition coefficient (Wildman–Crippen LogP) is 2.11. The van der Waals surface area contributed by atoms with Crippen molar-refractivity contribution in [2.24, 2.45) is 5.73 Å². The lowest BCUT2D eigenvalue weighted by Crippen LogP contribution is -2.24. The molecule has 6 nitrogen and oxygen atoms in total. The molecule has 116 valence electrons. The first-order valence-electron chi connectivity index (χ1n) is 7.56. The zero-order valence-electron chi connectivity index (χ0n) is 13.1. The Kier molecular flexibility index (Phi) is 3.75. The quantitative estimate of drug-likeness (QED) is 0.586. The molecule has 0 amide bonds. The first kappa shape index (κ1) is 14.4. The van der Waals surface area contributed by atoms with Crippen LogP contribution >= 0.6 is 0 Å². The predicted molar refractivity (Wildman–Crippen MR) is 90.7 cm³/mol. The van der Waals surface area contributed by atoms with E-state index in [1.807, 2.05) is 14.1 Å². The van der Waals surface area contributed by atoms with E-state index >= 15 is 0 Å². The summed E-state index contributed by atoms with van der Waals surface area (Å²) in [6, 6.07) is 8.32. The van der Waals surface area contributed by atoms with E-state index in [9.17, 15) is 0 Å². The molecule has 1 aliphatic heterocycles. The number of benzene rings is 1. The average Bonchev–Trinajstić information content (AvgIpc) is 2.69. The second kappa shape index (κ2) is 5.71. The van der Waals surface area contributed by atoms with Gasteiger partial charge in [-0.1, -0.05) is 12.1 Å². The van der Waals surface area contributed by atoms with Crippen LogP contribution in [0.15, 0.2) is 24.3 Å². The first-order valence-corrected chi connectivity index (χ1v) is 7.56. The van der Waals surface area contributed by atoms with Gasteiger partial charge in [0.1, 0.15) is 5.82 Å². The van der Waals surface area contributed by atoms with Gasteiger partial charge in [0.15, 0.2) is 0 Å². The highest BCUT2D eigenvalue weighted by Gasteiger charge is 2.21. The van der Waals surface area contributed by atoms with Gasteiger partial charge in [-0.25, -0.2) is 0 Å². The number of nitrogen functional groups attached to an aromatic ring is 1. The first-order chi connectivity index (χ1) is 10.6. The van der Waals surface area contributed by atoms with Gasteiger partial charge in [-0.3, -0.25) is 5.41 Å². The zero-order chi connectivity index (χ0) is 15.7. The smallest absolute Gasteiger partial charge is 0.215 e. The number of nitrogens with two attached hydrogens (primary N) is 1. The van der Waals surface area contributed by atoms with Gasteiger partial charge in [-0.2, -0.15) is 9.78 Å². The monoisotopic (exact) mass is 298 g/mol. The summed E-state index contributed by atoms with van der Waals surface area (Å²) < 4.78 is 1.51. The van der Waals surface area contributed by atoms with Gasteiger partial charge >= 0.3 is 0 Å². The van der Waals surface area contributed by atoms with E-state index < -0.39 is 0 Å². The van der Waals surface area contributed by atoms with E-state index in [1.165, 1.54) is 4.68 Å². The zero-order valence-corrected chi connectivity index (χ0v) is 13.1. The molecule has 0 unspecified atom stereocenters. The lowest BCUT2D eigenvalue weighted by Gasteiger charge is -2.12. The van der Waals surface area contributed by atoms with Gasteiger partial charge in [0.2, 0.25) is 5.96 Å². The average molecular weight is 298 g/mol. The van der Waals surface area contributed by atoms with Crippen LogP contribution in [0, 0.1) is 5.41 Å². The fourth-order valence-corrected chi connectivity index (χ4v) is 2.83. The van der Waals surface area contributed by atoms with Gasteiger partial charge < -0.3 is 16.0 Å². The van der Waals surface area contributed by atoms with Crippen LogP contribution in [0.5, 0.6) is 0 Å². The molecular weight excluding hydrogens is 276 g/mol. The van der Waals surface area contributed by atoms with Crippen molar-refractivity contribution in [2.45, 2.75) is 19.3 Å². The summed E-state index contributed by atoms with van der Waals surface area (Å²) in [5.41, 5.74) is 9.97. The van der Waals surface area contributed by atoms with Crippen LogP contribution in [0.1, 0.15) is 18.4 Å². The van der Waals surface area contributed by atoms with Crippen molar-refractivity contribution in [1.29, 1.82) is 5.41 Å². The highest BCUT2D eigenvalue weighted by molar-refractivity contribution is 5.84. The number of aromatic nitrogens is 2. The largest absolute Gasteiger partial charge is 0.378 e. The fraction of sp³-hybridized carbons (Fsp3) is 0.375. The second-order valence-corrected chi connectivity index (χ2v) is 5.80.